The lowest BCUT2D eigenvalue weighted by Gasteiger charge is -2.20. The second-order valence-corrected chi connectivity index (χ2v) is 4.07. The van der Waals surface area contributed by atoms with Crippen LogP contribution in [0.15, 0.2) is 24.3 Å². The summed E-state index contributed by atoms with van der Waals surface area (Å²) in [5, 5.41) is 3.30. The second kappa shape index (κ2) is 4.62. The molecule has 1 saturated heterocycles. The monoisotopic (exact) mass is 209 g/mol. The van der Waals surface area contributed by atoms with E-state index in [1.165, 1.54) is 12.1 Å². The van der Waals surface area contributed by atoms with Crippen molar-refractivity contribution in [1.82, 2.24) is 0 Å². The normalized spacial score (nSPS) is 22.7. The molecule has 0 aromatic heterocycles. The van der Waals surface area contributed by atoms with E-state index in [1.807, 2.05) is 6.07 Å². The minimum Gasteiger partial charge on any atom is -0.382 e. The Morgan fingerprint density at radius 2 is 2.40 bits per heavy atom. The van der Waals surface area contributed by atoms with E-state index in [4.69, 9.17) is 4.74 Å². The van der Waals surface area contributed by atoms with E-state index in [-0.39, 0.29) is 5.82 Å². The van der Waals surface area contributed by atoms with Gasteiger partial charge in [0.2, 0.25) is 0 Å². The number of benzene rings is 1. The maximum atomic E-state index is 12.9. The SMILES string of the molecule is CC(Nc1cccc(F)c1)C1CCOC1. The van der Waals surface area contributed by atoms with Crippen molar-refractivity contribution in [3.63, 3.8) is 0 Å². The number of anilines is 1. The van der Waals surface area contributed by atoms with E-state index in [0.717, 1.165) is 25.3 Å². The Kier molecular flexibility index (Phi) is 3.21. The molecule has 2 nitrogen and oxygen atoms in total. The standard InChI is InChI=1S/C12H16FNO/c1-9(10-5-6-15-8-10)14-12-4-2-3-11(13)7-12/h2-4,7,9-10,14H,5-6,8H2,1H3. The molecule has 1 N–H and O–H groups in total. The summed E-state index contributed by atoms with van der Waals surface area (Å²) in [7, 11) is 0. The van der Waals surface area contributed by atoms with Gasteiger partial charge in [0.1, 0.15) is 5.82 Å². The maximum Gasteiger partial charge on any atom is 0.125 e. The van der Waals surface area contributed by atoms with Gasteiger partial charge in [-0.15, -0.1) is 0 Å². The summed E-state index contributed by atoms with van der Waals surface area (Å²) >= 11 is 0. The zero-order chi connectivity index (χ0) is 10.7. The summed E-state index contributed by atoms with van der Waals surface area (Å²) in [6, 6.07) is 6.90. The zero-order valence-electron chi connectivity index (χ0n) is 8.87. The van der Waals surface area contributed by atoms with Crippen LogP contribution < -0.4 is 5.32 Å². The van der Waals surface area contributed by atoms with Gasteiger partial charge in [-0.25, -0.2) is 4.39 Å². The summed E-state index contributed by atoms with van der Waals surface area (Å²) in [6.07, 6.45) is 1.09. The highest BCUT2D eigenvalue weighted by molar-refractivity contribution is 5.43. The quantitative estimate of drug-likeness (QED) is 0.826. The molecule has 2 unspecified atom stereocenters. The molecular weight excluding hydrogens is 193 g/mol. The fourth-order valence-corrected chi connectivity index (χ4v) is 1.91. The first-order valence-corrected chi connectivity index (χ1v) is 5.35. The van der Waals surface area contributed by atoms with Crippen LogP contribution in [0.1, 0.15) is 13.3 Å². The third-order valence-electron chi connectivity index (χ3n) is 2.89. The van der Waals surface area contributed by atoms with Crippen LogP contribution in [0.5, 0.6) is 0 Å². The molecule has 1 fully saturated rings. The van der Waals surface area contributed by atoms with Gasteiger partial charge in [0, 0.05) is 24.3 Å². The molecule has 3 heteroatoms. The highest BCUT2D eigenvalue weighted by Crippen LogP contribution is 2.20. The smallest absolute Gasteiger partial charge is 0.125 e. The van der Waals surface area contributed by atoms with Crippen LogP contribution in [0.4, 0.5) is 10.1 Å². The van der Waals surface area contributed by atoms with Gasteiger partial charge in [-0.2, -0.15) is 0 Å². The van der Waals surface area contributed by atoms with E-state index >= 15 is 0 Å². The number of nitrogens with one attached hydrogen (secondary N) is 1. The molecule has 2 atom stereocenters. The Hall–Kier alpha value is -1.09. The summed E-state index contributed by atoms with van der Waals surface area (Å²) < 4.78 is 18.3. The zero-order valence-corrected chi connectivity index (χ0v) is 8.87. The Morgan fingerprint density at radius 1 is 1.53 bits per heavy atom. The van der Waals surface area contributed by atoms with Gasteiger partial charge in [-0.3, -0.25) is 0 Å². The first-order chi connectivity index (χ1) is 7.25. The lowest BCUT2D eigenvalue weighted by atomic mass is 10.0. The van der Waals surface area contributed by atoms with Gasteiger partial charge >= 0.3 is 0 Å². The molecule has 82 valence electrons. The Balaban J connectivity index is 1.95. The minimum atomic E-state index is -0.199. The van der Waals surface area contributed by atoms with Gasteiger partial charge in [-0.1, -0.05) is 6.07 Å². The summed E-state index contributed by atoms with van der Waals surface area (Å²) in [5.41, 5.74) is 0.842. The topological polar surface area (TPSA) is 21.3 Å². The van der Waals surface area contributed by atoms with Crippen LogP contribution in [0.25, 0.3) is 0 Å². The molecule has 0 bridgehead atoms. The maximum absolute atomic E-state index is 12.9. The third kappa shape index (κ3) is 2.69. The van der Waals surface area contributed by atoms with Gasteiger partial charge in [-0.05, 0) is 31.5 Å². The van der Waals surface area contributed by atoms with Crippen molar-refractivity contribution in [2.24, 2.45) is 5.92 Å². The molecule has 1 aliphatic heterocycles. The van der Waals surface area contributed by atoms with Crippen molar-refractivity contribution in [1.29, 1.82) is 0 Å². The summed E-state index contributed by atoms with van der Waals surface area (Å²) in [5.74, 6) is 0.336. The van der Waals surface area contributed by atoms with Crippen LogP contribution >= 0.6 is 0 Å². The third-order valence-corrected chi connectivity index (χ3v) is 2.89. The van der Waals surface area contributed by atoms with E-state index in [0.29, 0.717) is 12.0 Å². The Morgan fingerprint density at radius 3 is 3.07 bits per heavy atom. The van der Waals surface area contributed by atoms with Gasteiger partial charge in [0.05, 0.1) is 6.61 Å². The average molecular weight is 209 g/mol. The van der Waals surface area contributed by atoms with E-state index < -0.39 is 0 Å². The summed E-state index contributed by atoms with van der Waals surface area (Å²) in [4.78, 5) is 0. The molecule has 15 heavy (non-hydrogen) atoms. The minimum absolute atomic E-state index is 0.199. The highest BCUT2D eigenvalue weighted by atomic mass is 19.1. The molecular formula is C12H16FNO. The second-order valence-electron chi connectivity index (χ2n) is 4.07. The van der Waals surface area contributed by atoms with Crippen LogP contribution in [0.3, 0.4) is 0 Å². The molecule has 1 aromatic rings. The first kappa shape index (κ1) is 10.4. The summed E-state index contributed by atoms with van der Waals surface area (Å²) in [6.45, 7) is 3.77. The van der Waals surface area contributed by atoms with Crippen molar-refractivity contribution in [2.75, 3.05) is 18.5 Å². The predicted octanol–water partition coefficient (Wildman–Crippen LogP) is 2.66. The molecule has 2 rings (SSSR count). The Bertz CT molecular complexity index is 323. The van der Waals surface area contributed by atoms with Crippen LogP contribution in [0.2, 0.25) is 0 Å². The van der Waals surface area contributed by atoms with Gasteiger partial charge in [0.15, 0.2) is 0 Å². The number of ether oxygens (including phenoxy) is 1. The van der Waals surface area contributed by atoms with Crippen LogP contribution in [-0.4, -0.2) is 19.3 Å². The predicted molar refractivity (Wildman–Crippen MR) is 58.4 cm³/mol. The lowest BCUT2D eigenvalue weighted by molar-refractivity contribution is 0.183. The molecule has 0 amide bonds. The van der Waals surface area contributed by atoms with E-state index in [1.54, 1.807) is 6.07 Å². The van der Waals surface area contributed by atoms with Crippen molar-refractivity contribution in [2.45, 2.75) is 19.4 Å². The molecule has 1 aliphatic rings. The van der Waals surface area contributed by atoms with Crippen molar-refractivity contribution in [3.05, 3.63) is 30.1 Å². The van der Waals surface area contributed by atoms with Crippen LogP contribution in [-0.2, 0) is 4.74 Å². The van der Waals surface area contributed by atoms with Crippen molar-refractivity contribution >= 4 is 5.69 Å². The highest BCUT2D eigenvalue weighted by Gasteiger charge is 2.21. The van der Waals surface area contributed by atoms with Crippen molar-refractivity contribution < 1.29 is 9.13 Å². The first-order valence-electron chi connectivity index (χ1n) is 5.35. The molecule has 1 aromatic carbocycles. The molecule has 0 saturated carbocycles. The van der Waals surface area contributed by atoms with Gasteiger partial charge < -0.3 is 10.1 Å². The number of rotatable bonds is 3. The number of halogens is 1. The lowest BCUT2D eigenvalue weighted by Crippen LogP contribution is -2.26. The number of hydrogen-bond acceptors (Lipinski definition) is 2. The van der Waals surface area contributed by atoms with Gasteiger partial charge in [0.25, 0.3) is 0 Å². The fourth-order valence-electron chi connectivity index (χ4n) is 1.91. The Labute approximate surface area is 89.4 Å². The molecule has 0 radical (unpaired) electrons. The number of hydrogen-bond donors (Lipinski definition) is 1. The average Bonchev–Trinajstić information content (AvgIpc) is 2.70. The fraction of sp³-hybridized carbons (Fsp3) is 0.500. The largest absolute Gasteiger partial charge is 0.382 e. The molecule has 0 aliphatic carbocycles. The van der Waals surface area contributed by atoms with E-state index in [9.17, 15) is 4.39 Å². The van der Waals surface area contributed by atoms with E-state index in [2.05, 4.69) is 12.2 Å². The molecule has 1 heterocycles. The van der Waals surface area contributed by atoms with Crippen LogP contribution in [0, 0.1) is 11.7 Å². The van der Waals surface area contributed by atoms with Crippen molar-refractivity contribution in [3.8, 4) is 0 Å². The molecule has 0 spiro atoms.